The molecule has 2 aromatic heterocycles. The van der Waals surface area contributed by atoms with Gasteiger partial charge in [-0.3, -0.25) is 4.57 Å². The van der Waals surface area contributed by atoms with Crippen LogP contribution in [0.3, 0.4) is 0 Å². The van der Waals surface area contributed by atoms with Crippen molar-refractivity contribution in [3.05, 3.63) is 11.5 Å². The lowest BCUT2D eigenvalue weighted by Crippen LogP contribution is -2.46. The third-order valence-electron chi connectivity index (χ3n) is 6.43. The van der Waals surface area contributed by atoms with Crippen LogP contribution in [0.5, 0.6) is 0 Å². The van der Waals surface area contributed by atoms with Crippen molar-refractivity contribution in [2.45, 2.75) is 61.6 Å². The van der Waals surface area contributed by atoms with Gasteiger partial charge in [0.1, 0.15) is 30.7 Å². The van der Waals surface area contributed by atoms with E-state index in [2.05, 4.69) is 25.1 Å². The number of hydrogen-bond acceptors (Lipinski definition) is 12. The molecule has 37 heavy (non-hydrogen) atoms. The highest BCUT2D eigenvalue weighted by Gasteiger charge is 2.52. The van der Waals surface area contributed by atoms with E-state index in [1.165, 1.54) is 10.9 Å². The van der Waals surface area contributed by atoms with Crippen LogP contribution in [0.15, 0.2) is 6.20 Å². The molecule has 1 unspecified atom stereocenters. The van der Waals surface area contributed by atoms with Crippen LogP contribution >= 0.6 is 19.2 Å². The van der Waals surface area contributed by atoms with Gasteiger partial charge in [0.05, 0.1) is 24.8 Å². The number of halogens is 1. The normalized spacial score (nSPS) is 26.4. The highest BCUT2D eigenvalue weighted by atomic mass is 35.5. The van der Waals surface area contributed by atoms with E-state index < -0.39 is 63.4 Å². The fourth-order valence-electron chi connectivity index (χ4n) is 4.34. The molecule has 206 valence electrons. The molecule has 5 atom stereocenters. The average molecular weight is 567 g/mol. The molecule has 3 heterocycles. The van der Waals surface area contributed by atoms with Crippen LogP contribution in [0.4, 0.5) is 10.6 Å². The van der Waals surface area contributed by atoms with Gasteiger partial charge in [0.25, 0.3) is 0 Å². The molecule has 1 saturated carbocycles. The zero-order valence-electron chi connectivity index (χ0n) is 19.4. The van der Waals surface area contributed by atoms with E-state index in [4.69, 9.17) is 26.8 Å². The summed E-state index contributed by atoms with van der Waals surface area (Å²) in [5.74, 6) is 0.463. The Kier molecular flexibility index (Phi) is 8.23. The summed E-state index contributed by atoms with van der Waals surface area (Å²) in [6, 6.07) is 0.216. The molecule has 0 aromatic carbocycles. The monoisotopic (exact) mass is 566 g/mol. The number of nitrogens with two attached hydrogens (primary N) is 1. The van der Waals surface area contributed by atoms with Gasteiger partial charge in [0, 0.05) is 6.04 Å². The van der Waals surface area contributed by atoms with Gasteiger partial charge in [-0.15, -0.1) is 0 Å². The van der Waals surface area contributed by atoms with Gasteiger partial charge < -0.3 is 50.4 Å². The van der Waals surface area contributed by atoms with Gasteiger partial charge in [-0.05, 0) is 24.4 Å². The van der Waals surface area contributed by atoms with Gasteiger partial charge in [0.2, 0.25) is 10.6 Å². The maximum atomic E-state index is 12.0. The topological polar surface area (TPSA) is 245 Å². The number of fused-ring (bicyclic) bond motifs is 1. The van der Waals surface area contributed by atoms with Gasteiger partial charge in [-0.1, -0.05) is 12.8 Å². The Morgan fingerprint density at radius 1 is 1.30 bits per heavy atom. The number of aliphatic hydroxyl groups is 3. The second-order valence-electron chi connectivity index (χ2n) is 8.91. The zero-order valence-corrected chi connectivity index (χ0v) is 21.0. The quantitative estimate of drug-likeness (QED) is 0.141. The number of primary amides is 1. The van der Waals surface area contributed by atoms with E-state index in [0.29, 0.717) is 11.2 Å². The lowest BCUT2D eigenvalue weighted by atomic mass is 10.1. The number of hydrogen-bond donors (Lipinski definition) is 7. The van der Waals surface area contributed by atoms with Crippen LogP contribution in [0.1, 0.15) is 31.9 Å². The van der Waals surface area contributed by atoms with E-state index in [1.807, 2.05) is 0 Å². The molecule has 2 fully saturated rings. The van der Waals surface area contributed by atoms with Crippen LogP contribution < -0.4 is 11.1 Å². The SMILES string of the molecule is NC(=O)OCC(CO)(OC[C@@H]1O[C@H](n2ncc3c(NC4CCCC4)nc(Cl)nc32)[C@@H](O)[C@H]1O)P(=O)(O)O. The largest absolute Gasteiger partial charge is 0.446 e. The Labute approximate surface area is 214 Å². The number of amides is 1. The van der Waals surface area contributed by atoms with Crippen LogP contribution in [-0.2, 0) is 18.8 Å². The summed E-state index contributed by atoms with van der Waals surface area (Å²) in [4.78, 5) is 38.8. The summed E-state index contributed by atoms with van der Waals surface area (Å²) in [6.45, 7) is -3.05. The van der Waals surface area contributed by atoms with Crippen molar-refractivity contribution in [2.75, 3.05) is 25.1 Å². The Morgan fingerprint density at radius 3 is 2.62 bits per heavy atom. The lowest BCUT2D eigenvalue weighted by molar-refractivity contribution is -0.122. The Hall–Kier alpha value is -2.14. The Morgan fingerprint density at radius 2 is 2.00 bits per heavy atom. The molecule has 2 aliphatic rings. The summed E-state index contributed by atoms with van der Waals surface area (Å²) in [7, 11) is -5.24. The Bertz CT molecular complexity index is 1180. The highest BCUT2D eigenvalue weighted by Crippen LogP contribution is 2.51. The molecule has 0 spiro atoms. The van der Waals surface area contributed by atoms with Crippen LogP contribution in [0.2, 0.25) is 5.28 Å². The number of aromatic nitrogens is 4. The molecular formula is C19H28ClN6O10P. The predicted octanol–water partition coefficient (Wildman–Crippen LogP) is -0.568. The summed E-state index contributed by atoms with van der Waals surface area (Å²) >= 11 is 6.13. The zero-order chi connectivity index (χ0) is 27.0. The van der Waals surface area contributed by atoms with Crippen LogP contribution in [0.25, 0.3) is 11.0 Å². The summed E-state index contributed by atoms with van der Waals surface area (Å²) in [5, 5.41) is 36.2. The standard InChI is InChI=1S/C19H28ClN6O10P/c20-17-24-14(23-9-3-1-2-4-9)10-5-22-26(15(10)25-17)16-13(29)12(28)11(36-16)6-35-19(7-27,37(31,32)33)8-34-18(21)30/h5,9,11-13,16,27-29H,1-4,6-8H2,(H2,21,30)(H,23,24,25)(H2,31,32,33)/t11-,12-,13-,16-,19?/m0/s1. The smallest absolute Gasteiger partial charge is 0.404 e. The molecule has 8 N–H and O–H groups in total. The third kappa shape index (κ3) is 5.67. The fraction of sp³-hybridized carbons (Fsp3) is 0.684. The minimum absolute atomic E-state index is 0.0773. The number of carbonyl (C=O) groups excluding carboxylic acids is 1. The molecule has 16 nitrogen and oxygen atoms in total. The number of anilines is 1. The molecule has 0 bridgehead atoms. The third-order valence-corrected chi connectivity index (χ3v) is 8.07. The number of nitrogens with zero attached hydrogens (tertiary/aromatic N) is 4. The lowest BCUT2D eigenvalue weighted by Gasteiger charge is -2.32. The maximum Gasteiger partial charge on any atom is 0.404 e. The van der Waals surface area contributed by atoms with E-state index in [0.717, 1.165) is 25.7 Å². The predicted molar refractivity (Wildman–Crippen MR) is 125 cm³/mol. The summed E-state index contributed by atoms with van der Waals surface area (Å²) < 4.78 is 28.6. The van der Waals surface area contributed by atoms with Crippen molar-refractivity contribution in [1.82, 2.24) is 19.7 Å². The van der Waals surface area contributed by atoms with E-state index >= 15 is 0 Å². The molecule has 1 aliphatic carbocycles. The molecule has 2 aromatic rings. The van der Waals surface area contributed by atoms with Crippen LogP contribution in [0, 0.1) is 0 Å². The number of ether oxygens (including phenoxy) is 3. The van der Waals surface area contributed by atoms with Gasteiger partial charge in [0.15, 0.2) is 11.9 Å². The van der Waals surface area contributed by atoms with Crippen molar-refractivity contribution in [1.29, 1.82) is 0 Å². The minimum Gasteiger partial charge on any atom is -0.446 e. The number of aliphatic hydroxyl groups excluding tert-OH is 3. The molecule has 1 saturated heterocycles. The summed E-state index contributed by atoms with van der Waals surface area (Å²) in [6.07, 6.45) is -1.52. The van der Waals surface area contributed by atoms with Crippen molar-refractivity contribution < 1.29 is 48.7 Å². The van der Waals surface area contributed by atoms with Crippen molar-refractivity contribution in [2.24, 2.45) is 5.73 Å². The van der Waals surface area contributed by atoms with E-state index in [1.54, 1.807) is 0 Å². The minimum atomic E-state index is -5.24. The van der Waals surface area contributed by atoms with Crippen molar-refractivity contribution >= 4 is 42.1 Å². The van der Waals surface area contributed by atoms with E-state index in [9.17, 15) is 34.5 Å². The van der Waals surface area contributed by atoms with Gasteiger partial charge in [-0.2, -0.15) is 15.1 Å². The molecule has 1 amide bonds. The Balaban J connectivity index is 1.54. The first-order chi connectivity index (χ1) is 17.5. The summed E-state index contributed by atoms with van der Waals surface area (Å²) in [5.41, 5.74) is 5.07. The molecule has 4 rings (SSSR count). The highest BCUT2D eigenvalue weighted by molar-refractivity contribution is 7.53. The van der Waals surface area contributed by atoms with E-state index in [-0.39, 0.29) is 17.0 Å². The molecular weight excluding hydrogens is 539 g/mol. The van der Waals surface area contributed by atoms with Gasteiger partial charge in [-0.25, -0.2) is 9.48 Å². The molecule has 0 radical (unpaired) electrons. The first-order valence-electron chi connectivity index (χ1n) is 11.4. The fourth-order valence-corrected chi connectivity index (χ4v) is 5.17. The second kappa shape index (κ2) is 10.9. The molecule has 1 aliphatic heterocycles. The molecule has 18 heteroatoms. The number of carbonyl (C=O) groups is 1. The van der Waals surface area contributed by atoms with Crippen molar-refractivity contribution in [3.8, 4) is 0 Å². The maximum absolute atomic E-state index is 12.0. The second-order valence-corrected chi connectivity index (χ2v) is 11.1. The van der Waals surface area contributed by atoms with Crippen LogP contribution in [-0.4, -0.2) is 100 Å². The first kappa shape index (κ1) is 27.9. The average Bonchev–Trinajstić information content (AvgIpc) is 3.55. The van der Waals surface area contributed by atoms with Gasteiger partial charge >= 0.3 is 13.7 Å². The first-order valence-corrected chi connectivity index (χ1v) is 13.4. The van der Waals surface area contributed by atoms with Crippen molar-refractivity contribution in [3.63, 3.8) is 0 Å². The number of rotatable bonds is 10. The number of nitrogens with one attached hydrogen (secondary N) is 1.